The van der Waals surface area contributed by atoms with Gasteiger partial charge in [0.2, 0.25) is 5.91 Å². The van der Waals surface area contributed by atoms with Crippen LogP contribution >= 0.6 is 0 Å². The molecule has 3 N–H and O–H groups in total. The Hall–Kier alpha value is -0.610. The zero-order valence-electron chi connectivity index (χ0n) is 10.2. The first kappa shape index (κ1) is 14.4. The van der Waals surface area contributed by atoms with Crippen LogP contribution in [0.4, 0.5) is 0 Å². The molecule has 4 nitrogen and oxygen atoms in total. The maximum Gasteiger partial charge on any atom is 0.221 e. The number of amides is 1. The van der Waals surface area contributed by atoms with E-state index in [4.69, 9.17) is 5.11 Å². The maximum absolute atomic E-state index is 11.3. The standard InChI is InChI=1S/C11H24N2O2/c1-8(2)10(7-14)12-6-5-11(15)13-9(3)4/h8-10,12,14H,5-7H2,1-4H3,(H,13,15). The molecule has 4 heteroatoms. The van der Waals surface area contributed by atoms with Gasteiger partial charge in [-0.1, -0.05) is 13.8 Å². The molecule has 0 aromatic rings. The van der Waals surface area contributed by atoms with E-state index < -0.39 is 0 Å². The van der Waals surface area contributed by atoms with E-state index in [2.05, 4.69) is 10.6 Å². The predicted molar refractivity (Wildman–Crippen MR) is 61.6 cm³/mol. The quantitative estimate of drug-likeness (QED) is 0.581. The van der Waals surface area contributed by atoms with Crippen molar-refractivity contribution in [2.24, 2.45) is 5.92 Å². The number of aliphatic hydroxyl groups excluding tert-OH is 1. The van der Waals surface area contributed by atoms with E-state index in [1.165, 1.54) is 0 Å². The fraction of sp³-hybridized carbons (Fsp3) is 0.909. The van der Waals surface area contributed by atoms with Gasteiger partial charge in [-0.25, -0.2) is 0 Å². The highest BCUT2D eigenvalue weighted by Gasteiger charge is 2.11. The molecular weight excluding hydrogens is 192 g/mol. The molecule has 1 unspecified atom stereocenters. The highest BCUT2D eigenvalue weighted by molar-refractivity contribution is 5.76. The van der Waals surface area contributed by atoms with Crippen LogP contribution in [0.3, 0.4) is 0 Å². The summed E-state index contributed by atoms with van der Waals surface area (Å²) in [4.78, 5) is 11.3. The van der Waals surface area contributed by atoms with Gasteiger partial charge in [0.15, 0.2) is 0 Å². The second-order valence-electron chi connectivity index (χ2n) is 4.46. The first-order valence-electron chi connectivity index (χ1n) is 5.61. The van der Waals surface area contributed by atoms with Crippen molar-refractivity contribution in [2.45, 2.75) is 46.2 Å². The lowest BCUT2D eigenvalue weighted by atomic mass is 10.1. The minimum Gasteiger partial charge on any atom is -0.395 e. The Morgan fingerprint density at radius 2 is 1.87 bits per heavy atom. The Bertz CT molecular complexity index is 181. The minimum absolute atomic E-state index is 0.0537. The van der Waals surface area contributed by atoms with Crippen molar-refractivity contribution in [3.63, 3.8) is 0 Å². The summed E-state index contributed by atoms with van der Waals surface area (Å²) >= 11 is 0. The van der Waals surface area contributed by atoms with E-state index >= 15 is 0 Å². The van der Waals surface area contributed by atoms with E-state index in [1.807, 2.05) is 27.7 Å². The van der Waals surface area contributed by atoms with E-state index in [-0.39, 0.29) is 24.6 Å². The molecule has 0 radical (unpaired) electrons. The molecule has 0 aliphatic carbocycles. The molecule has 90 valence electrons. The van der Waals surface area contributed by atoms with Crippen molar-refractivity contribution >= 4 is 5.91 Å². The molecule has 0 saturated carbocycles. The summed E-state index contributed by atoms with van der Waals surface area (Å²) in [5.41, 5.74) is 0. The SMILES string of the molecule is CC(C)NC(=O)CCNC(CO)C(C)C. The summed E-state index contributed by atoms with van der Waals surface area (Å²) < 4.78 is 0. The molecule has 0 rings (SSSR count). The fourth-order valence-electron chi connectivity index (χ4n) is 1.28. The average Bonchev–Trinajstić information content (AvgIpc) is 2.10. The first-order chi connectivity index (χ1) is 6.97. The molecule has 1 atom stereocenters. The van der Waals surface area contributed by atoms with E-state index in [0.717, 1.165) is 0 Å². The molecule has 0 fully saturated rings. The molecular formula is C11H24N2O2. The summed E-state index contributed by atoms with van der Waals surface area (Å²) in [6, 6.07) is 0.271. The lowest BCUT2D eigenvalue weighted by Crippen LogP contribution is -2.40. The van der Waals surface area contributed by atoms with Gasteiger partial charge in [0.25, 0.3) is 0 Å². The fourth-order valence-corrected chi connectivity index (χ4v) is 1.28. The monoisotopic (exact) mass is 216 g/mol. The third-order valence-electron chi connectivity index (χ3n) is 2.21. The third-order valence-corrected chi connectivity index (χ3v) is 2.21. The summed E-state index contributed by atoms with van der Waals surface area (Å²) in [6.45, 7) is 8.70. The van der Waals surface area contributed by atoms with Crippen molar-refractivity contribution in [2.75, 3.05) is 13.2 Å². The van der Waals surface area contributed by atoms with E-state index in [0.29, 0.717) is 18.9 Å². The van der Waals surface area contributed by atoms with Gasteiger partial charge in [0.1, 0.15) is 0 Å². The number of nitrogens with one attached hydrogen (secondary N) is 2. The van der Waals surface area contributed by atoms with Crippen LogP contribution in [-0.4, -0.2) is 36.2 Å². The highest BCUT2D eigenvalue weighted by Crippen LogP contribution is 1.99. The molecule has 1 amide bonds. The molecule has 0 aliphatic rings. The molecule has 0 bridgehead atoms. The van der Waals surface area contributed by atoms with Crippen molar-refractivity contribution in [3.05, 3.63) is 0 Å². The van der Waals surface area contributed by atoms with Crippen LogP contribution in [0.2, 0.25) is 0 Å². The Balaban J connectivity index is 3.64. The normalized spacial score (nSPS) is 13.3. The van der Waals surface area contributed by atoms with Crippen LogP contribution in [0.25, 0.3) is 0 Å². The van der Waals surface area contributed by atoms with Gasteiger partial charge >= 0.3 is 0 Å². The van der Waals surface area contributed by atoms with Crippen molar-refractivity contribution in [1.29, 1.82) is 0 Å². The van der Waals surface area contributed by atoms with Crippen LogP contribution < -0.4 is 10.6 Å². The van der Waals surface area contributed by atoms with Gasteiger partial charge < -0.3 is 15.7 Å². The van der Waals surface area contributed by atoms with Gasteiger partial charge in [-0.2, -0.15) is 0 Å². The van der Waals surface area contributed by atoms with Gasteiger partial charge in [-0.3, -0.25) is 4.79 Å². The lowest BCUT2D eigenvalue weighted by Gasteiger charge is -2.19. The van der Waals surface area contributed by atoms with Crippen LogP contribution in [0.1, 0.15) is 34.1 Å². The number of carbonyl (C=O) groups excluding carboxylic acids is 1. The smallest absolute Gasteiger partial charge is 0.221 e. The number of hydrogen-bond donors (Lipinski definition) is 3. The summed E-state index contributed by atoms with van der Waals surface area (Å²) in [6.07, 6.45) is 0.460. The summed E-state index contributed by atoms with van der Waals surface area (Å²) in [7, 11) is 0. The van der Waals surface area contributed by atoms with Crippen molar-refractivity contribution < 1.29 is 9.90 Å². The molecule has 0 saturated heterocycles. The molecule has 15 heavy (non-hydrogen) atoms. The number of hydrogen-bond acceptors (Lipinski definition) is 3. The van der Waals surface area contributed by atoms with Gasteiger partial charge in [0.05, 0.1) is 6.61 Å². The second kappa shape index (κ2) is 7.65. The predicted octanol–water partition coefficient (Wildman–Crippen LogP) is 0.508. The number of rotatable bonds is 7. The van der Waals surface area contributed by atoms with E-state index in [1.54, 1.807) is 0 Å². The number of aliphatic hydroxyl groups is 1. The zero-order chi connectivity index (χ0) is 11.8. The molecule has 0 aromatic carbocycles. The van der Waals surface area contributed by atoms with E-state index in [9.17, 15) is 4.79 Å². The largest absolute Gasteiger partial charge is 0.395 e. The Kier molecular flexibility index (Phi) is 7.34. The van der Waals surface area contributed by atoms with Crippen LogP contribution in [-0.2, 0) is 4.79 Å². The maximum atomic E-state index is 11.3. The Morgan fingerprint density at radius 1 is 1.27 bits per heavy atom. The summed E-state index contributed by atoms with van der Waals surface area (Å²) in [5.74, 6) is 0.432. The van der Waals surface area contributed by atoms with Crippen LogP contribution in [0, 0.1) is 5.92 Å². The minimum atomic E-state index is 0.0537. The zero-order valence-corrected chi connectivity index (χ0v) is 10.2. The van der Waals surface area contributed by atoms with Crippen LogP contribution in [0.5, 0.6) is 0 Å². The van der Waals surface area contributed by atoms with Gasteiger partial charge in [-0.15, -0.1) is 0 Å². The topological polar surface area (TPSA) is 61.4 Å². The highest BCUT2D eigenvalue weighted by atomic mass is 16.3. The lowest BCUT2D eigenvalue weighted by molar-refractivity contribution is -0.121. The molecule has 0 spiro atoms. The second-order valence-corrected chi connectivity index (χ2v) is 4.46. The van der Waals surface area contributed by atoms with Crippen molar-refractivity contribution in [1.82, 2.24) is 10.6 Å². The average molecular weight is 216 g/mol. The van der Waals surface area contributed by atoms with Crippen molar-refractivity contribution in [3.8, 4) is 0 Å². The number of carbonyl (C=O) groups is 1. The van der Waals surface area contributed by atoms with Gasteiger partial charge in [0, 0.05) is 25.0 Å². The Labute approximate surface area is 92.4 Å². The molecule has 0 aliphatic heterocycles. The Morgan fingerprint density at radius 3 is 2.27 bits per heavy atom. The molecule has 0 heterocycles. The van der Waals surface area contributed by atoms with Crippen LogP contribution in [0.15, 0.2) is 0 Å². The summed E-state index contributed by atoms with van der Waals surface area (Å²) in [5, 5.41) is 15.0. The molecule has 0 aromatic heterocycles. The third kappa shape index (κ3) is 7.33. The first-order valence-corrected chi connectivity index (χ1v) is 5.61. The van der Waals surface area contributed by atoms with Gasteiger partial charge in [-0.05, 0) is 19.8 Å².